The van der Waals surface area contributed by atoms with Crippen LogP contribution in [0.15, 0.2) is 36.0 Å². The Balaban J connectivity index is 2.87. The molecular formula is C21H35NO4. The van der Waals surface area contributed by atoms with Gasteiger partial charge in [-0.15, -0.1) is 0 Å². The van der Waals surface area contributed by atoms with Crippen LogP contribution < -0.4 is 0 Å². The van der Waals surface area contributed by atoms with Gasteiger partial charge in [0.2, 0.25) is 0 Å². The van der Waals surface area contributed by atoms with E-state index >= 15 is 0 Å². The summed E-state index contributed by atoms with van der Waals surface area (Å²) < 4.78 is 17.4. The normalized spacial score (nSPS) is 27.6. The molecular weight excluding hydrogens is 330 g/mol. The lowest BCUT2D eigenvalue weighted by molar-refractivity contribution is -0.192. The van der Waals surface area contributed by atoms with Crippen LogP contribution in [-0.4, -0.2) is 63.5 Å². The molecule has 0 spiro atoms. The molecule has 0 radical (unpaired) electrons. The first-order valence-electron chi connectivity index (χ1n) is 9.39. The quantitative estimate of drug-likeness (QED) is 0.463. The molecule has 0 saturated carbocycles. The van der Waals surface area contributed by atoms with E-state index in [2.05, 4.69) is 19.9 Å². The summed E-state index contributed by atoms with van der Waals surface area (Å²) in [6.07, 6.45) is 11.5. The molecule has 2 unspecified atom stereocenters. The van der Waals surface area contributed by atoms with Gasteiger partial charge in [-0.1, -0.05) is 50.6 Å². The van der Waals surface area contributed by atoms with Gasteiger partial charge in [-0.25, -0.2) is 0 Å². The first-order valence-corrected chi connectivity index (χ1v) is 9.39. The molecule has 1 aliphatic rings. The van der Waals surface area contributed by atoms with Crippen molar-refractivity contribution in [1.82, 2.24) is 4.90 Å². The number of hydrogen-bond acceptors (Lipinski definition) is 5. The lowest BCUT2D eigenvalue weighted by Crippen LogP contribution is -2.53. The summed E-state index contributed by atoms with van der Waals surface area (Å²) in [5.74, 6) is -0.107. The van der Waals surface area contributed by atoms with Crippen molar-refractivity contribution in [3.05, 3.63) is 36.0 Å². The molecule has 1 aliphatic heterocycles. The van der Waals surface area contributed by atoms with Crippen LogP contribution in [-0.2, 0) is 19.0 Å². The lowest BCUT2D eigenvalue weighted by atomic mass is 9.90. The number of esters is 1. The minimum absolute atomic E-state index is 0.161. The Labute approximate surface area is 158 Å². The number of ether oxygens (including phenoxy) is 3. The molecule has 0 amide bonds. The van der Waals surface area contributed by atoms with Gasteiger partial charge in [0.05, 0.1) is 13.2 Å². The van der Waals surface area contributed by atoms with E-state index in [0.29, 0.717) is 6.61 Å². The molecule has 26 heavy (non-hydrogen) atoms. The van der Waals surface area contributed by atoms with Gasteiger partial charge in [-0.05, 0) is 33.0 Å². The van der Waals surface area contributed by atoms with Gasteiger partial charge >= 0.3 is 5.97 Å². The van der Waals surface area contributed by atoms with Crippen LogP contribution in [0.3, 0.4) is 0 Å². The molecule has 0 N–H and O–H groups in total. The van der Waals surface area contributed by atoms with E-state index < -0.39 is 6.10 Å². The Morgan fingerprint density at radius 3 is 2.58 bits per heavy atom. The summed E-state index contributed by atoms with van der Waals surface area (Å²) in [5, 5.41) is 0. The molecule has 1 heterocycles. The summed E-state index contributed by atoms with van der Waals surface area (Å²) in [6, 6.07) is 0. The fourth-order valence-corrected chi connectivity index (χ4v) is 2.98. The number of methoxy groups -OCH3 is 1. The van der Waals surface area contributed by atoms with Crippen molar-refractivity contribution in [3.8, 4) is 0 Å². The third-order valence-electron chi connectivity index (χ3n) is 4.33. The maximum atomic E-state index is 12.2. The van der Waals surface area contributed by atoms with Crippen molar-refractivity contribution in [1.29, 1.82) is 0 Å². The number of likely N-dealkylation sites (N-methyl/N-ethyl adjacent to an activating group) is 1. The smallest absolute Gasteiger partial charge is 0.320 e. The molecule has 0 aromatic rings. The molecule has 1 rings (SSSR count). The Morgan fingerprint density at radius 1 is 1.23 bits per heavy atom. The highest BCUT2D eigenvalue weighted by molar-refractivity contribution is 5.72. The van der Waals surface area contributed by atoms with Crippen LogP contribution in [0.4, 0.5) is 0 Å². The minimum Gasteiger partial charge on any atom is -0.455 e. The molecule has 1 fully saturated rings. The number of unbranched alkanes of at least 4 members (excludes halogenated alkanes) is 1. The molecule has 0 aliphatic carbocycles. The van der Waals surface area contributed by atoms with Crippen molar-refractivity contribution in [2.24, 2.45) is 5.92 Å². The average Bonchev–Trinajstić information content (AvgIpc) is 2.57. The van der Waals surface area contributed by atoms with Crippen molar-refractivity contribution in [2.75, 3.05) is 34.4 Å². The van der Waals surface area contributed by atoms with Gasteiger partial charge in [0, 0.05) is 13.0 Å². The number of rotatable bonds is 9. The summed E-state index contributed by atoms with van der Waals surface area (Å²) in [5.41, 5.74) is 1.02. The topological polar surface area (TPSA) is 48.0 Å². The van der Waals surface area contributed by atoms with Gasteiger partial charge < -0.3 is 14.2 Å². The molecule has 4 atom stereocenters. The van der Waals surface area contributed by atoms with Crippen LogP contribution in [0.5, 0.6) is 0 Å². The van der Waals surface area contributed by atoms with E-state index in [4.69, 9.17) is 14.2 Å². The minimum atomic E-state index is -0.448. The molecule has 0 aromatic heterocycles. The van der Waals surface area contributed by atoms with Gasteiger partial charge in [0.25, 0.3) is 0 Å². The molecule has 0 bridgehead atoms. The molecule has 5 heteroatoms. The van der Waals surface area contributed by atoms with E-state index in [9.17, 15) is 4.79 Å². The van der Waals surface area contributed by atoms with E-state index in [1.807, 2.05) is 45.3 Å². The predicted molar refractivity (Wildman–Crippen MR) is 105 cm³/mol. The van der Waals surface area contributed by atoms with E-state index in [1.165, 1.54) is 0 Å². The molecule has 148 valence electrons. The van der Waals surface area contributed by atoms with Crippen molar-refractivity contribution < 1.29 is 19.0 Å². The van der Waals surface area contributed by atoms with Crippen LogP contribution in [0.25, 0.3) is 0 Å². The first kappa shape index (κ1) is 22.6. The zero-order chi connectivity index (χ0) is 19.5. The van der Waals surface area contributed by atoms with Crippen molar-refractivity contribution >= 4 is 5.97 Å². The molecule has 5 nitrogen and oxygen atoms in total. The van der Waals surface area contributed by atoms with Crippen LogP contribution in [0.2, 0.25) is 0 Å². The van der Waals surface area contributed by atoms with Gasteiger partial charge in [-0.3, -0.25) is 9.69 Å². The van der Waals surface area contributed by atoms with Gasteiger partial charge in [0.15, 0.2) is 6.10 Å². The Bertz CT molecular complexity index is 510. The third kappa shape index (κ3) is 7.44. The zero-order valence-corrected chi connectivity index (χ0v) is 17.1. The van der Waals surface area contributed by atoms with Crippen molar-refractivity contribution in [3.63, 3.8) is 0 Å². The summed E-state index contributed by atoms with van der Waals surface area (Å²) >= 11 is 0. The molecule has 1 saturated heterocycles. The Kier molecular flexibility index (Phi) is 10.5. The highest BCUT2D eigenvalue weighted by Gasteiger charge is 2.42. The van der Waals surface area contributed by atoms with E-state index in [1.54, 1.807) is 12.0 Å². The summed E-state index contributed by atoms with van der Waals surface area (Å²) in [7, 11) is 5.34. The van der Waals surface area contributed by atoms with Crippen LogP contribution in [0, 0.1) is 5.92 Å². The fourth-order valence-electron chi connectivity index (χ4n) is 2.98. The number of carbonyl (C=O) groups is 1. The maximum Gasteiger partial charge on any atom is 0.320 e. The number of hydrogen-bond donors (Lipinski definition) is 0. The predicted octanol–water partition coefficient (Wildman–Crippen LogP) is 3.37. The lowest BCUT2D eigenvalue weighted by Gasteiger charge is -2.40. The Hall–Kier alpha value is -1.43. The number of allylic oxidation sites excluding steroid dienone is 5. The second-order valence-electron chi connectivity index (χ2n) is 7.14. The van der Waals surface area contributed by atoms with Crippen LogP contribution in [0.1, 0.15) is 33.6 Å². The van der Waals surface area contributed by atoms with E-state index in [0.717, 1.165) is 18.4 Å². The third-order valence-corrected chi connectivity index (χ3v) is 4.33. The highest BCUT2D eigenvalue weighted by atomic mass is 16.6. The van der Waals surface area contributed by atoms with Crippen molar-refractivity contribution in [2.45, 2.75) is 51.9 Å². The fraction of sp³-hybridized carbons (Fsp3) is 0.667. The average molecular weight is 366 g/mol. The zero-order valence-electron chi connectivity index (χ0n) is 17.1. The Morgan fingerprint density at radius 2 is 1.96 bits per heavy atom. The first-order chi connectivity index (χ1) is 12.4. The SMILES string of the molecule is CCC/C=C/C=C/C=C(\C)C1OC[C@H](C)C(OC)[C@H]1OC(=O)CN(C)C. The second-order valence-corrected chi connectivity index (χ2v) is 7.14. The summed E-state index contributed by atoms with van der Waals surface area (Å²) in [6.45, 7) is 7.02. The van der Waals surface area contributed by atoms with E-state index in [-0.39, 0.29) is 30.6 Å². The standard InChI is InChI=1S/C21H35NO4/c1-7-8-9-10-11-12-13-16(2)20-21(26-18(23)14-22(4)5)19(24-6)17(3)15-25-20/h9-13,17,19-21H,7-8,14-15H2,1-6H3/b10-9+,12-11+,16-13+/t17-,19?,20?,21+/m0/s1. The van der Waals surface area contributed by atoms with Crippen LogP contribution >= 0.6 is 0 Å². The second kappa shape index (κ2) is 12.0. The van der Waals surface area contributed by atoms with Gasteiger partial charge in [0.1, 0.15) is 12.2 Å². The van der Waals surface area contributed by atoms with Gasteiger partial charge in [-0.2, -0.15) is 0 Å². The largest absolute Gasteiger partial charge is 0.455 e. The monoisotopic (exact) mass is 365 g/mol. The maximum absolute atomic E-state index is 12.2. The number of nitrogens with zero attached hydrogens (tertiary/aromatic N) is 1. The molecule has 0 aromatic carbocycles. The summed E-state index contributed by atoms with van der Waals surface area (Å²) in [4.78, 5) is 14.0. The highest BCUT2D eigenvalue weighted by Crippen LogP contribution is 2.29. The number of carbonyl (C=O) groups excluding carboxylic acids is 1.